The van der Waals surface area contributed by atoms with Crippen LogP contribution in [-0.4, -0.2) is 54.4 Å². The molecule has 5 nitrogen and oxygen atoms in total. The predicted octanol–water partition coefficient (Wildman–Crippen LogP) is 1.16. The Morgan fingerprint density at radius 2 is 1.89 bits per heavy atom. The Morgan fingerprint density at radius 3 is 2.39 bits per heavy atom. The normalized spacial score (nSPS) is 10.0. The molecule has 18 heavy (non-hydrogen) atoms. The van der Waals surface area contributed by atoms with Gasteiger partial charge in [0.05, 0.1) is 10.1 Å². The van der Waals surface area contributed by atoms with Gasteiger partial charge in [-0.3, -0.25) is 9.59 Å². The first-order valence-electron chi connectivity index (χ1n) is 5.27. The molecule has 0 aliphatic rings. The number of hydrogen-bond donors (Lipinski definition) is 1. The molecule has 2 amide bonds. The van der Waals surface area contributed by atoms with E-state index in [4.69, 9.17) is 0 Å². The second-order valence-corrected chi connectivity index (χ2v) is 5.28. The highest BCUT2D eigenvalue weighted by Gasteiger charge is 2.16. The molecular formula is C12H15IN2O3. The lowest BCUT2D eigenvalue weighted by Gasteiger charge is -2.19. The fraction of sp³-hybridized carbons (Fsp3) is 0.333. The van der Waals surface area contributed by atoms with Gasteiger partial charge in [-0.05, 0) is 40.8 Å². The molecule has 1 rings (SSSR count). The molecule has 0 spiro atoms. The number of amides is 2. The van der Waals surface area contributed by atoms with E-state index in [-0.39, 0.29) is 24.1 Å². The fourth-order valence-corrected chi connectivity index (χ4v) is 1.62. The van der Waals surface area contributed by atoms with E-state index in [0.29, 0.717) is 9.13 Å². The van der Waals surface area contributed by atoms with Crippen LogP contribution in [0.2, 0.25) is 0 Å². The van der Waals surface area contributed by atoms with E-state index in [1.807, 2.05) is 22.6 Å². The number of rotatable bonds is 3. The first-order valence-corrected chi connectivity index (χ1v) is 6.35. The molecule has 0 bridgehead atoms. The standard InChI is InChI=1S/C12H15IN2O3/c1-14(2)11(17)7-15(3)12(18)8-4-5-9(13)10(16)6-8/h4-6,16H,7H2,1-3H3. The lowest BCUT2D eigenvalue weighted by molar-refractivity contribution is -0.129. The van der Waals surface area contributed by atoms with E-state index >= 15 is 0 Å². The highest BCUT2D eigenvalue weighted by Crippen LogP contribution is 2.21. The van der Waals surface area contributed by atoms with Gasteiger partial charge in [0.15, 0.2) is 0 Å². The zero-order valence-electron chi connectivity index (χ0n) is 10.5. The zero-order valence-corrected chi connectivity index (χ0v) is 12.6. The summed E-state index contributed by atoms with van der Waals surface area (Å²) in [5.41, 5.74) is 0.363. The number of benzene rings is 1. The molecular weight excluding hydrogens is 347 g/mol. The topological polar surface area (TPSA) is 60.9 Å². The van der Waals surface area contributed by atoms with Crippen molar-refractivity contribution in [3.63, 3.8) is 0 Å². The lowest BCUT2D eigenvalue weighted by atomic mass is 10.2. The molecule has 98 valence electrons. The molecule has 1 N–H and O–H groups in total. The van der Waals surface area contributed by atoms with Crippen LogP contribution in [0.3, 0.4) is 0 Å². The van der Waals surface area contributed by atoms with Crippen molar-refractivity contribution in [1.82, 2.24) is 9.80 Å². The monoisotopic (exact) mass is 362 g/mol. The van der Waals surface area contributed by atoms with Crippen LogP contribution in [0.5, 0.6) is 5.75 Å². The number of carbonyl (C=O) groups is 2. The number of phenols is 1. The van der Waals surface area contributed by atoms with Gasteiger partial charge < -0.3 is 14.9 Å². The highest BCUT2D eigenvalue weighted by molar-refractivity contribution is 14.1. The van der Waals surface area contributed by atoms with Crippen molar-refractivity contribution in [3.05, 3.63) is 27.3 Å². The van der Waals surface area contributed by atoms with Crippen molar-refractivity contribution >= 4 is 34.4 Å². The molecule has 0 radical (unpaired) electrons. The predicted molar refractivity (Wildman–Crippen MR) is 76.5 cm³/mol. The summed E-state index contributed by atoms with van der Waals surface area (Å²) >= 11 is 1.97. The Morgan fingerprint density at radius 1 is 1.28 bits per heavy atom. The minimum atomic E-state index is -0.295. The smallest absolute Gasteiger partial charge is 0.254 e. The molecule has 0 atom stereocenters. The summed E-state index contributed by atoms with van der Waals surface area (Å²) in [6, 6.07) is 4.69. The summed E-state index contributed by atoms with van der Waals surface area (Å²) in [4.78, 5) is 26.2. The number of carbonyl (C=O) groups excluding carboxylic acids is 2. The van der Waals surface area contributed by atoms with Crippen molar-refractivity contribution in [1.29, 1.82) is 0 Å². The van der Waals surface area contributed by atoms with Crippen LogP contribution >= 0.6 is 22.6 Å². The van der Waals surface area contributed by atoms with Crippen LogP contribution in [0.15, 0.2) is 18.2 Å². The summed E-state index contributed by atoms with van der Waals surface area (Å²) in [6.45, 7) is 0.0125. The summed E-state index contributed by atoms with van der Waals surface area (Å²) in [6.07, 6.45) is 0. The number of aromatic hydroxyl groups is 1. The number of likely N-dealkylation sites (N-methyl/N-ethyl adjacent to an activating group) is 2. The average Bonchev–Trinajstić information content (AvgIpc) is 2.31. The molecule has 1 aromatic carbocycles. The Bertz CT molecular complexity index is 474. The molecule has 0 aliphatic heterocycles. The Balaban J connectivity index is 2.80. The van der Waals surface area contributed by atoms with Crippen LogP contribution < -0.4 is 0 Å². The summed E-state index contributed by atoms with van der Waals surface area (Å²) in [5, 5.41) is 9.55. The van der Waals surface area contributed by atoms with Gasteiger partial charge in [-0.25, -0.2) is 0 Å². The first kappa shape index (κ1) is 14.7. The van der Waals surface area contributed by atoms with E-state index in [1.54, 1.807) is 33.3 Å². The van der Waals surface area contributed by atoms with Gasteiger partial charge in [-0.1, -0.05) is 0 Å². The number of hydrogen-bond acceptors (Lipinski definition) is 3. The maximum Gasteiger partial charge on any atom is 0.254 e. The van der Waals surface area contributed by atoms with E-state index in [0.717, 1.165) is 0 Å². The van der Waals surface area contributed by atoms with Crippen LogP contribution in [0.25, 0.3) is 0 Å². The number of phenolic OH excluding ortho intramolecular Hbond substituents is 1. The quantitative estimate of drug-likeness (QED) is 0.821. The second kappa shape index (κ2) is 6.03. The van der Waals surface area contributed by atoms with E-state index < -0.39 is 0 Å². The van der Waals surface area contributed by atoms with Crippen LogP contribution in [0.4, 0.5) is 0 Å². The largest absolute Gasteiger partial charge is 0.507 e. The van der Waals surface area contributed by atoms with Crippen LogP contribution in [0.1, 0.15) is 10.4 Å². The molecule has 0 unspecified atom stereocenters. The third-order valence-electron chi connectivity index (χ3n) is 2.41. The lowest BCUT2D eigenvalue weighted by Crippen LogP contribution is -2.37. The van der Waals surface area contributed by atoms with Gasteiger partial charge in [0, 0.05) is 26.7 Å². The second-order valence-electron chi connectivity index (χ2n) is 4.12. The van der Waals surface area contributed by atoms with Gasteiger partial charge in [0.1, 0.15) is 5.75 Å². The third-order valence-corrected chi connectivity index (χ3v) is 3.32. The number of nitrogens with zero attached hydrogens (tertiary/aromatic N) is 2. The van der Waals surface area contributed by atoms with Crippen molar-refractivity contribution in [2.24, 2.45) is 0 Å². The Labute approximate surface area is 120 Å². The van der Waals surface area contributed by atoms with E-state index in [1.165, 1.54) is 15.9 Å². The van der Waals surface area contributed by atoms with Crippen LogP contribution in [0, 0.1) is 3.57 Å². The molecule has 0 saturated heterocycles. The summed E-state index contributed by atoms with van der Waals surface area (Å²) in [5.74, 6) is -0.383. The van der Waals surface area contributed by atoms with E-state index in [9.17, 15) is 14.7 Å². The minimum Gasteiger partial charge on any atom is -0.507 e. The molecule has 0 aromatic heterocycles. The maximum atomic E-state index is 12.0. The average molecular weight is 362 g/mol. The molecule has 0 saturated carbocycles. The zero-order chi connectivity index (χ0) is 13.9. The third kappa shape index (κ3) is 3.59. The summed E-state index contributed by atoms with van der Waals surface area (Å²) < 4.78 is 0.677. The van der Waals surface area contributed by atoms with Gasteiger partial charge in [0.25, 0.3) is 5.91 Å². The van der Waals surface area contributed by atoms with Crippen LogP contribution in [-0.2, 0) is 4.79 Å². The maximum absolute atomic E-state index is 12.0. The van der Waals surface area contributed by atoms with Gasteiger partial charge in [-0.15, -0.1) is 0 Å². The SMILES string of the molecule is CN(C)C(=O)CN(C)C(=O)c1ccc(I)c(O)c1. The number of halogens is 1. The Kier molecular flexibility index (Phi) is 4.94. The molecule has 1 aromatic rings. The summed E-state index contributed by atoms with van der Waals surface area (Å²) in [7, 11) is 4.83. The fourth-order valence-electron chi connectivity index (χ4n) is 1.28. The van der Waals surface area contributed by atoms with Crippen molar-refractivity contribution in [3.8, 4) is 5.75 Å². The van der Waals surface area contributed by atoms with Gasteiger partial charge >= 0.3 is 0 Å². The van der Waals surface area contributed by atoms with Gasteiger partial charge in [-0.2, -0.15) is 0 Å². The minimum absolute atomic E-state index is 0.0125. The highest BCUT2D eigenvalue weighted by atomic mass is 127. The molecule has 0 fully saturated rings. The molecule has 6 heteroatoms. The first-order chi connectivity index (χ1) is 8.32. The van der Waals surface area contributed by atoms with Gasteiger partial charge in [0.2, 0.25) is 5.91 Å². The van der Waals surface area contributed by atoms with Crippen molar-refractivity contribution in [2.75, 3.05) is 27.7 Å². The molecule has 0 heterocycles. The Hall–Kier alpha value is -1.31. The van der Waals surface area contributed by atoms with E-state index in [2.05, 4.69) is 0 Å². The van der Waals surface area contributed by atoms with Crippen molar-refractivity contribution < 1.29 is 14.7 Å². The van der Waals surface area contributed by atoms with Crippen molar-refractivity contribution in [2.45, 2.75) is 0 Å². The molecule has 0 aliphatic carbocycles.